The van der Waals surface area contributed by atoms with Crippen molar-refractivity contribution in [3.8, 4) is 0 Å². The van der Waals surface area contributed by atoms with Gasteiger partial charge in [-0.25, -0.2) is 0 Å². The summed E-state index contributed by atoms with van der Waals surface area (Å²) in [4.78, 5) is 13.7. The molecule has 1 aliphatic rings. The topological polar surface area (TPSA) is 66.6 Å². The van der Waals surface area contributed by atoms with E-state index in [0.29, 0.717) is 10.9 Å². The fourth-order valence-electron chi connectivity index (χ4n) is 2.10. The first-order valence-corrected chi connectivity index (χ1v) is 7.59. The third kappa shape index (κ3) is 3.25. The summed E-state index contributed by atoms with van der Waals surface area (Å²) in [6.07, 6.45) is 3.69. The molecule has 0 aromatic carbocycles. The highest BCUT2D eigenvalue weighted by Crippen LogP contribution is 2.44. The molecule has 1 N–H and O–H groups in total. The predicted molar refractivity (Wildman–Crippen MR) is 76.9 cm³/mol. The SMILES string of the molecule is CCCCN(c1sc([C@H](C)O)cc1[N+](=O)[O-])C1CC1. The van der Waals surface area contributed by atoms with E-state index in [1.165, 1.54) is 17.4 Å². The predicted octanol–water partition coefficient (Wildman–Crippen LogP) is 3.48. The van der Waals surface area contributed by atoms with Gasteiger partial charge in [0.15, 0.2) is 5.00 Å². The summed E-state index contributed by atoms with van der Waals surface area (Å²) in [7, 11) is 0. The number of hydrogen-bond donors (Lipinski definition) is 1. The molecule has 106 valence electrons. The molecule has 19 heavy (non-hydrogen) atoms. The van der Waals surface area contributed by atoms with Gasteiger partial charge in [0.05, 0.1) is 11.0 Å². The maximum atomic E-state index is 11.2. The number of nitro groups is 1. The third-order valence-corrected chi connectivity index (χ3v) is 4.65. The summed E-state index contributed by atoms with van der Waals surface area (Å²) in [5.74, 6) is 0. The molecule has 1 atom stereocenters. The minimum atomic E-state index is -0.648. The van der Waals surface area contributed by atoms with Gasteiger partial charge in [0.1, 0.15) is 0 Å². The van der Waals surface area contributed by atoms with Crippen LogP contribution in [0.25, 0.3) is 0 Å². The Kier molecular flexibility index (Phi) is 4.42. The van der Waals surface area contributed by atoms with Crippen molar-refractivity contribution in [1.82, 2.24) is 0 Å². The molecule has 1 aromatic heterocycles. The smallest absolute Gasteiger partial charge is 0.304 e. The normalized spacial score (nSPS) is 16.4. The van der Waals surface area contributed by atoms with Crippen molar-refractivity contribution in [3.63, 3.8) is 0 Å². The number of anilines is 1. The van der Waals surface area contributed by atoms with Crippen molar-refractivity contribution in [2.75, 3.05) is 11.4 Å². The molecule has 5 nitrogen and oxygen atoms in total. The second-order valence-corrected chi connectivity index (χ2v) is 6.11. The van der Waals surface area contributed by atoms with E-state index < -0.39 is 6.10 Å². The molecular weight excluding hydrogens is 264 g/mol. The Morgan fingerprint density at radius 2 is 2.32 bits per heavy atom. The number of rotatable bonds is 7. The Morgan fingerprint density at radius 1 is 1.63 bits per heavy atom. The van der Waals surface area contributed by atoms with Crippen LogP contribution in [-0.4, -0.2) is 22.6 Å². The van der Waals surface area contributed by atoms with E-state index in [0.717, 1.165) is 37.2 Å². The van der Waals surface area contributed by atoms with Gasteiger partial charge >= 0.3 is 5.69 Å². The van der Waals surface area contributed by atoms with Gasteiger partial charge in [0, 0.05) is 23.5 Å². The molecular formula is C13H20N2O3S. The molecule has 1 aromatic rings. The fourth-order valence-corrected chi connectivity index (χ4v) is 3.26. The van der Waals surface area contributed by atoms with Crippen molar-refractivity contribution in [2.24, 2.45) is 0 Å². The lowest BCUT2D eigenvalue weighted by Crippen LogP contribution is -2.26. The standard InChI is InChI=1S/C13H20N2O3S/c1-3-4-7-14(10-5-6-10)13-11(15(17)18)8-12(19-13)9(2)16/h8-10,16H,3-7H2,1-2H3/t9-/m0/s1. The number of thiophene rings is 1. The van der Waals surface area contributed by atoms with E-state index in [4.69, 9.17) is 0 Å². The van der Waals surface area contributed by atoms with Crippen molar-refractivity contribution in [1.29, 1.82) is 0 Å². The Bertz CT molecular complexity index is 455. The summed E-state index contributed by atoms with van der Waals surface area (Å²) < 4.78 is 0. The van der Waals surface area contributed by atoms with Crippen molar-refractivity contribution < 1.29 is 10.0 Å². The lowest BCUT2D eigenvalue weighted by molar-refractivity contribution is -0.383. The minimum absolute atomic E-state index is 0.143. The first-order chi connectivity index (χ1) is 9.04. The second-order valence-electron chi connectivity index (χ2n) is 5.05. The molecule has 1 saturated carbocycles. The zero-order chi connectivity index (χ0) is 14.0. The van der Waals surface area contributed by atoms with Crippen LogP contribution in [0.2, 0.25) is 0 Å². The van der Waals surface area contributed by atoms with Crippen LogP contribution in [0.1, 0.15) is 50.5 Å². The quantitative estimate of drug-likeness (QED) is 0.615. The zero-order valence-electron chi connectivity index (χ0n) is 11.3. The van der Waals surface area contributed by atoms with Crippen LogP contribution in [0, 0.1) is 10.1 Å². The van der Waals surface area contributed by atoms with Crippen LogP contribution in [0.5, 0.6) is 0 Å². The van der Waals surface area contributed by atoms with E-state index in [-0.39, 0.29) is 10.6 Å². The van der Waals surface area contributed by atoms with Gasteiger partial charge < -0.3 is 10.0 Å². The van der Waals surface area contributed by atoms with Crippen LogP contribution < -0.4 is 4.90 Å². The Morgan fingerprint density at radius 3 is 2.79 bits per heavy atom. The first kappa shape index (κ1) is 14.3. The minimum Gasteiger partial charge on any atom is -0.388 e. The van der Waals surface area contributed by atoms with E-state index in [1.807, 2.05) is 0 Å². The highest BCUT2D eigenvalue weighted by atomic mass is 32.1. The lowest BCUT2D eigenvalue weighted by Gasteiger charge is -2.21. The fraction of sp³-hybridized carbons (Fsp3) is 0.692. The van der Waals surface area contributed by atoms with Gasteiger partial charge in [0.2, 0.25) is 0 Å². The summed E-state index contributed by atoms with van der Waals surface area (Å²) in [6.45, 7) is 4.63. The highest BCUT2D eigenvalue weighted by molar-refractivity contribution is 7.16. The van der Waals surface area contributed by atoms with Crippen LogP contribution in [0.4, 0.5) is 10.7 Å². The number of nitrogens with zero attached hydrogens (tertiary/aromatic N) is 2. The summed E-state index contributed by atoms with van der Waals surface area (Å²) in [6, 6.07) is 1.97. The highest BCUT2D eigenvalue weighted by Gasteiger charge is 2.34. The molecule has 2 rings (SSSR count). The molecule has 0 radical (unpaired) electrons. The second kappa shape index (κ2) is 5.88. The van der Waals surface area contributed by atoms with E-state index in [2.05, 4.69) is 11.8 Å². The van der Waals surface area contributed by atoms with E-state index in [9.17, 15) is 15.2 Å². The molecule has 0 amide bonds. The average molecular weight is 284 g/mol. The molecule has 0 aliphatic heterocycles. The molecule has 0 spiro atoms. The van der Waals surface area contributed by atoms with Gasteiger partial charge in [-0.15, -0.1) is 11.3 Å². The molecule has 0 saturated heterocycles. The zero-order valence-corrected chi connectivity index (χ0v) is 12.2. The monoisotopic (exact) mass is 284 g/mol. The van der Waals surface area contributed by atoms with Crippen LogP contribution in [0.3, 0.4) is 0 Å². The Balaban J connectivity index is 2.31. The Hall–Kier alpha value is -1.14. The van der Waals surface area contributed by atoms with Crippen molar-refractivity contribution in [2.45, 2.75) is 51.7 Å². The van der Waals surface area contributed by atoms with Crippen LogP contribution in [-0.2, 0) is 0 Å². The summed E-state index contributed by atoms with van der Waals surface area (Å²) in [5, 5.41) is 21.5. The first-order valence-electron chi connectivity index (χ1n) is 6.77. The van der Waals surface area contributed by atoms with Gasteiger partial charge in [-0.05, 0) is 26.2 Å². The molecule has 1 aliphatic carbocycles. The summed E-state index contributed by atoms with van der Waals surface area (Å²) in [5.41, 5.74) is 0.143. The molecule has 0 bridgehead atoms. The van der Waals surface area contributed by atoms with E-state index >= 15 is 0 Å². The largest absolute Gasteiger partial charge is 0.388 e. The number of hydrogen-bond acceptors (Lipinski definition) is 5. The Labute approximate surface area is 117 Å². The average Bonchev–Trinajstić information content (AvgIpc) is 3.07. The number of aliphatic hydroxyl groups is 1. The van der Waals surface area contributed by atoms with Crippen LogP contribution >= 0.6 is 11.3 Å². The van der Waals surface area contributed by atoms with Crippen molar-refractivity contribution in [3.05, 3.63) is 21.1 Å². The van der Waals surface area contributed by atoms with Crippen LogP contribution in [0.15, 0.2) is 6.07 Å². The molecule has 6 heteroatoms. The van der Waals surface area contributed by atoms with Gasteiger partial charge in [-0.2, -0.15) is 0 Å². The molecule has 1 fully saturated rings. The van der Waals surface area contributed by atoms with E-state index in [1.54, 1.807) is 6.92 Å². The molecule has 0 unspecified atom stereocenters. The third-order valence-electron chi connectivity index (χ3n) is 3.32. The van der Waals surface area contributed by atoms with Gasteiger partial charge in [0.25, 0.3) is 0 Å². The van der Waals surface area contributed by atoms with Crippen molar-refractivity contribution >= 4 is 22.0 Å². The van der Waals surface area contributed by atoms with Gasteiger partial charge in [-0.3, -0.25) is 10.1 Å². The lowest BCUT2D eigenvalue weighted by atomic mass is 10.3. The summed E-state index contributed by atoms with van der Waals surface area (Å²) >= 11 is 1.36. The maximum Gasteiger partial charge on any atom is 0.304 e. The molecule has 1 heterocycles. The van der Waals surface area contributed by atoms with Gasteiger partial charge in [-0.1, -0.05) is 13.3 Å². The number of aliphatic hydroxyl groups excluding tert-OH is 1. The number of unbranched alkanes of at least 4 members (excludes halogenated alkanes) is 1. The maximum absolute atomic E-state index is 11.2.